The van der Waals surface area contributed by atoms with Gasteiger partial charge in [0.2, 0.25) is 0 Å². The number of hydrogen-bond acceptors (Lipinski definition) is 4. The highest BCUT2D eigenvalue weighted by atomic mass is 35.5. The van der Waals surface area contributed by atoms with Crippen LogP contribution in [0.4, 0.5) is 0 Å². The summed E-state index contributed by atoms with van der Waals surface area (Å²) in [6, 6.07) is 14.1. The summed E-state index contributed by atoms with van der Waals surface area (Å²) in [6.45, 7) is 0.686. The number of carboxylic acid groups (broad SMARTS) is 1. The van der Waals surface area contributed by atoms with E-state index in [2.05, 4.69) is 22.1 Å². The van der Waals surface area contributed by atoms with E-state index >= 15 is 0 Å². The van der Waals surface area contributed by atoms with Gasteiger partial charge in [-0.2, -0.15) is 0 Å². The molecule has 0 saturated heterocycles. The Kier molecular flexibility index (Phi) is 5.38. The summed E-state index contributed by atoms with van der Waals surface area (Å²) in [6.07, 6.45) is 0.800. The minimum atomic E-state index is -0.761. The molecule has 0 spiro atoms. The second-order valence-electron chi connectivity index (χ2n) is 6.19. The molecular weight excluding hydrogens is 400 g/mol. The monoisotopic (exact) mass is 416 g/mol. The van der Waals surface area contributed by atoms with Crippen LogP contribution in [-0.4, -0.2) is 26.4 Å². The van der Waals surface area contributed by atoms with Crippen LogP contribution in [0.15, 0.2) is 53.0 Å². The van der Waals surface area contributed by atoms with Gasteiger partial charge < -0.3 is 9.67 Å². The average Bonchev–Trinajstić information content (AvgIpc) is 3.22. The summed E-state index contributed by atoms with van der Waals surface area (Å²) in [4.78, 5) is 15.5. The first-order valence-corrected chi connectivity index (χ1v) is 10.8. The minimum Gasteiger partial charge on any atom is -0.481 e. The third-order valence-corrected chi connectivity index (χ3v) is 6.71. The molecule has 7 heteroatoms. The highest BCUT2D eigenvalue weighted by Crippen LogP contribution is 2.34. The number of fused-ring (bicyclic) bond motifs is 2. The summed E-state index contributed by atoms with van der Waals surface area (Å²) in [5.74, 6) is -0.0377. The second kappa shape index (κ2) is 7.92. The van der Waals surface area contributed by atoms with E-state index in [1.807, 2.05) is 30.3 Å². The van der Waals surface area contributed by atoms with Crippen molar-refractivity contribution in [3.8, 4) is 0 Å². The van der Waals surface area contributed by atoms with Crippen LogP contribution in [0.5, 0.6) is 0 Å². The Labute approximate surface area is 169 Å². The smallest absolute Gasteiger partial charge is 0.303 e. The first-order valence-electron chi connectivity index (χ1n) is 8.58. The lowest BCUT2D eigenvalue weighted by molar-refractivity contribution is -0.137. The Bertz CT molecular complexity index is 1120. The van der Waals surface area contributed by atoms with E-state index in [0.29, 0.717) is 13.0 Å². The number of thiophene rings is 1. The van der Waals surface area contributed by atoms with Gasteiger partial charge in [-0.05, 0) is 41.6 Å². The Morgan fingerprint density at radius 3 is 2.93 bits per heavy atom. The molecule has 0 amide bonds. The van der Waals surface area contributed by atoms with Crippen LogP contribution in [0.1, 0.15) is 18.4 Å². The molecule has 2 aromatic heterocycles. The number of aromatic nitrogens is 2. The van der Waals surface area contributed by atoms with E-state index < -0.39 is 5.97 Å². The van der Waals surface area contributed by atoms with E-state index in [-0.39, 0.29) is 6.42 Å². The quantitative estimate of drug-likeness (QED) is 0.300. The molecule has 4 rings (SSSR count). The zero-order valence-electron chi connectivity index (χ0n) is 14.4. The van der Waals surface area contributed by atoms with Crippen LogP contribution in [0.3, 0.4) is 0 Å². The highest BCUT2D eigenvalue weighted by molar-refractivity contribution is 7.99. The standard InChI is InChI=1S/C20H17ClN2O2S2/c21-14-5-3-8-17-19(14)13(12-27-17)11-23-16-7-2-1-6-15(16)22-20(23)26-10-4-9-18(24)25/h1-3,5-8,12H,4,9-11H2,(H,24,25). The fourth-order valence-electron chi connectivity index (χ4n) is 3.10. The van der Waals surface area contributed by atoms with Crippen molar-refractivity contribution in [1.29, 1.82) is 0 Å². The molecule has 27 heavy (non-hydrogen) atoms. The van der Waals surface area contributed by atoms with Crippen molar-refractivity contribution < 1.29 is 9.90 Å². The lowest BCUT2D eigenvalue weighted by Crippen LogP contribution is -2.02. The van der Waals surface area contributed by atoms with Gasteiger partial charge in [0.15, 0.2) is 5.16 Å². The minimum absolute atomic E-state index is 0.179. The highest BCUT2D eigenvalue weighted by Gasteiger charge is 2.15. The number of aliphatic carboxylic acids is 1. The van der Waals surface area contributed by atoms with Crippen molar-refractivity contribution in [2.45, 2.75) is 24.5 Å². The zero-order chi connectivity index (χ0) is 18.8. The maximum absolute atomic E-state index is 10.7. The second-order valence-corrected chi connectivity index (χ2v) is 8.57. The number of para-hydroxylation sites is 2. The van der Waals surface area contributed by atoms with E-state index in [4.69, 9.17) is 21.7 Å². The topological polar surface area (TPSA) is 55.1 Å². The molecule has 0 unspecified atom stereocenters. The summed E-state index contributed by atoms with van der Waals surface area (Å²) in [5, 5.41) is 13.8. The first kappa shape index (κ1) is 18.3. The molecule has 0 fully saturated rings. The number of imidazole rings is 1. The summed E-state index contributed by atoms with van der Waals surface area (Å²) in [7, 11) is 0. The lowest BCUT2D eigenvalue weighted by Gasteiger charge is -2.09. The molecule has 0 aliphatic carbocycles. The summed E-state index contributed by atoms with van der Waals surface area (Å²) >= 11 is 9.76. The predicted molar refractivity (Wildman–Crippen MR) is 113 cm³/mol. The normalized spacial score (nSPS) is 11.4. The number of halogens is 1. The van der Waals surface area contributed by atoms with Crippen molar-refractivity contribution in [2.24, 2.45) is 0 Å². The van der Waals surface area contributed by atoms with Crippen LogP contribution >= 0.6 is 34.7 Å². The lowest BCUT2D eigenvalue weighted by atomic mass is 10.2. The Morgan fingerprint density at radius 2 is 2.07 bits per heavy atom. The molecule has 0 bridgehead atoms. The first-order chi connectivity index (χ1) is 13.1. The van der Waals surface area contributed by atoms with Crippen LogP contribution < -0.4 is 0 Å². The Hall–Kier alpha value is -2.02. The van der Waals surface area contributed by atoms with E-state index in [9.17, 15) is 4.79 Å². The number of carboxylic acids is 1. The van der Waals surface area contributed by atoms with Gasteiger partial charge in [0.1, 0.15) is 0 Å². The SMILES string of the molecule is O=C(O)CCCSc1nc2ccccc2n1Cc1csc2cccc(Cl)c12. The summed E-state index contributed by atoms with van der Waals surface area (Å²) < 4.78 is 3.38. The molecule has 1 N–H and O–H groups in total. The van der Waals surface area contributed by atoms with Gasteiger partial charge in [-0.1, -0.05) is 41.6 Å². The van der Waals surface area contributed by atoms with Crippen molar-refractivity contribution in [1.82, 2.24) is 9.55 Å². The third-order valence-electron chi connectivity index (χ3n) is 4.34. The number of rotatable bonds is 7. The van der Waals surface area contributed by atoms with Gasteiger partial charge in [-0.25, -0.2) is 4.98 Å². The van der Waals surface area contributed by atoms with Gasteiger partial charge in [-0.3, -0.25) is 4.79 Å². The zero-order valence-corrected chi connectivity index (χ0v) is 16.8. The van der Waals surface area contributed by atoms with Gasteiger partial charge in [0.25, 0.3) is 0 Å². The average molecular weight is 417 g/mol. The number of thioether (sulfide) groups is 1. The Balaban J connectivity index is 1.69. The molecule has 0 saturated carbocycles. The molecule has 0 aliphatic heterocycles. The maximum Gasteiger partial charge on any atom is 0.303 e. The van der Waals surface area contributed by atoms with Crippen molar-refractivity contribution in [2.75, 3.05) is 5.75 Å². The van der Waals surface area contributed by atoms with Crippen LogP contribution in [-0.2, 0) is 11.3 Å². The predicted octanol–water partition coefficient (Wildman–Crippen LogP) is 5.91. The fourth-order valence-corrected chi connectivity index (χ4v) is 5.38. The van der Waals surface area contributed by atoms with Gasteiger partial charge in [0, 0.05) is 27.3 Å². The maximum atomic E-state index is 10.7. The van der Waals surface area contributed by atoms with Crippen LogP contribution in [0.2, 0.25) is 5.02 Å². The number of benzene rings is 2. The Morgan fingerprint density at radius 1 is 1.22 bits per heavy atom. The molecule has 2 heterocycles. The van der Waals surface area contributed by atoms with Crippen LogP contribution in [0.25, 0.3) is 21.1 Å². The summed E-state index contributed by atoms with van der Waals surface area (Å²) in [5.41, 5.74) is 3.20. The van der Waals surface area contributed by atoms with E-state index in [1.165, 1.54) is 10.3 Å². The number of carbonyl (C=O) groups is 1. The van der Waals surface area contributed by atoms with Gasteiger partial charge >= 0.3 is 5.97 Å². The van der Waals surface area contributed by atoms with Crippen LogP contribution in [0, 0.1) is 0 Å². The fraction of sp³-hybridized carbons (Fsp3) is 0.200. The molecule has 138 valence electrons. The van der Waals surface area contributed by atoms with E-state index in [0.717, 1.165) is 32.4 Å². The molecular formula is C20H17ClN2O2S2. The molecule has 0 radical (unpaired) electrons. The van der Waals surface area contributed by atoms with Crippen molar-refractivity contribution in [3.63, 3.8) is 0 Å². The molecule has 0 aliphatic rings. The number of nitrogens with zero attached hydrogens (tertiary/aromatic N) is 2. The molecule has 4 nitrogen and oxygen atoms in total. The molecule has 0 atom stereocenters. The largest absolute Gasteiger partial charge is 0.481 e. The molecule has 4 aromatic rings. The van der Waals surface area contributed by atoms with Gasteiger partial charge in [0.05, 0.1) is 17.6 Å². The third kappa shape index (κ3) is 3.83. The van der Waals surface area contributed by atoms with Gasteiger partial charge in [-0.15, -0.1) is 11.3 Å². The molecule has 2 aromatic carbocycles. The van der Waals surface area contributed by atoms with Crippen molar-refractivity contribution in [3.05, 3.63) is 58.4 Å². The van der Waals surface area contributed by atoms with Crippen molar-refractivity contribution >= 4 is 61.8 Å². The van der Waals surface area contributed by atoms with E-state index in [1.54, 1.807) is 23.1 Å². The number of hydrogen-bond donors (Lipinski definition) is 1.